The molecular formula is C26H26O5S3. The molecule has 1 aromatic heterocycles. The number of rotatable bonds is 12. The number of Topliss-reactive ketones (excluding diaryl/α,β-unsaturated/α-hetero) is 1. The summed E-state index contributed by atoms with van der Waals surface area (Å²) in [6.45, 7) is 6.19. The quantitative estimate of drug-likeness (QED) is 0.0635. The van der Waals surface area contributed by atoms with Crippen LogP contribution in [0, 0.1) is 3.82 Å². The number of hydrogen-bond donors (Lipinski definition) is 0. The Kier molecular flexibility index (Phi) is 9.56. The van der Waals surface area contributed by atoms with Gasteiger partial charge in [-0.05, 0) is 79.8 Å². The molecule has 0 fully saturated rings. The van der Waals surface area contributed by atoms with Crippen LogP contribution in [0.4, 0.5) is 0 Å². The Hall–Kier alpha value is -2.81. The van der Waals surface area contributed by atoms with Crippen LogP contribution in [0.2, 0.25) is 0 Å². The van der Waals surface area contributed by atoms with Crippen molar-refractivity contribution < 1.29 is 23.8 Å². The van der Waals surface area contributed by atoms with E-state index in [4.69, 9.17) is 26.4 Å². The number of hydrogen-bond acceptors (Lipinski definition) is 8. The number of ether oxygens (including phenoxy) is 3. The third-order valence-electron chi connectivity index (χ3n) is 5.07. The van der Waals surface area contributed by atoms with Crippen molar-refractivity contribution in [1.29, 1.82) is 0 Å². The van der Waals surface area contributed by atoms with E-state index in [0.717, 1.165) is 34.4 Å². The zero-order chi connectivity index (χ0) is 24.5. The average Bonchev–Trinajstić information content (AvgIpc) is 3.28. The third-order valence-corrected chi connectivity index (χ3v) is 7.98. The van der Waals surface area contributed by atoms with Gasteiger partial charge in [0, 0.05) is 4.88 Å². The Morgan fingerprint density at radius 2 is 1.71 bits per heavy atom. The van der Waals surface area contributed by atoms with E-state index in [1.165, 1.54) is 18.9 Å². The highest BCUT2D eigenvalue weighted by molar-refractivity contribution is 7.80. The maximum Gasteiger partial charge on any atom is 0.338 e. The second kappa shape index (κ2) is 12.6. The van der Waals surface area contributed by atoms with Crippen LogP contribution >= 0.6 is 32.9 Å². The molecule has 0 N–H and O–H groups in total. The van der Waals surface area contributed by atoms with Crippen molar-refractivity contribution in [3.8, 4) is 21.9 Å². The molecule has 2 aromatic carbocycles. The molecule has 0 unspecified atom stereocenters. The van der Waals surface area contributed by atoms with Crippen LogP contribution in [-0.4, -0.2) is 32.1 Å². The summed E-state index contributed by atoms with van der Waals surface area (Å²) in [5.41, 5.74) is 2.39. The molecule has 0 bridgehead atoms. The van der Waals surface area contributed by atoms with Crippen molar-refractivity contribution in [2.24, 2.45) is 0 Å². The summed E-state index contributed by atoms with van der Waals surface area (Å²) in [5.74, 6) is 0.647. The molecule has 0 spiro atoms. The molecule has 8 heteroatoms. The first kappa shape index (κ1) is 25.8. The van der Waals surface area contributed by atoms with Crippen LogP contribution in [0.1, 0.15) is 42.1 Å². The van der Waals surface area contributed by atoms with Gasteiger partial charge in [0.15, 0.2) is 5.78 Å². The smallest absolute Gasteiger partial charge is 0.338 e. The van der Waals surface area contributed by atoms with Crippen LogP contribution in [0.3, 0.4) is 0 Å². The Bertz CT molecular complexity index is 1210. The lowest BCUT2D eigenvalue weighted by atomic mass is 10.0. The number of unbranched alkanes of at least 4 members (excludes halogenated alkanes) is 2. The number of esters is 1. The van der Waals surface area contributed by atoms with Crippen LogP contribution in [0.25, 0.3) is 16.0 Å². The molecule has 34 heavy (non-hydrogen) atoms. The van der Waals surface area contributed by atoms with Gasteiger partial charge in [0.25, 0.3) is 0 Å². The van der Waals surface area contributed by atoms with Gasteiger partial charge in [-0.2, -0.15) is 0 Å². The van der Waals surface area contributed by atoms with Gasteiger partial charge in [-0.15, -0.1) is 0 Å². The van der Waals surface area contributed by atoms with Crippen LogP contribution in [-0.2, 0) is 9.53 Å². The van der Waals surface area contributed by atoms with Crippen LogP contribution in [0.15, 0.2) is 55.1 Å². The molecule has 3 rings (SSSR count). The molecule has 5 nitrogen and oxygen atoms in total. The third kappa shape index (κ3) is 7.09. The zero-order valence-electron chi connectivity index (χ0n) is 19.1. The fourth-order valence-corrected chi connectivity index (χ4v) is 5.60. The second-order valence-electron chi connectivity index (χ2n) is 7.51. The molecule has 0 amide bonds. The molecule has 0 aliphatic carbocycles. The molecular weight excluding hydrogens is 488 g/mol. The normalized spacial score (nSPS) is 10.5. The van der Waals surface area contributed by atoms with Crippen LogP contribution in [0.5, 0.6) is 11.5 Å². The zero-order valence-corrected chi connectivity index (χ0v) is 21.6. The standard InChI is InChI=1S/C26H26O5S3/c1-17(20-9-12-22(18(2)27)23(15-20)29-3)26(28)31-14-6-4-5-13-30-21-10-7-19(8-11-21)24-16-25(32)34-33-24/h7-12,15-16H,1,4-6,13-14H2,2-3H3. The fraction of sp³-hybridized carbons (Fsp3) is 0.269. The van der Waals surface area contributed by atoms with Gasteiger partial charge >= 0.3 is 5.97 Å². The maximum atomic E-state index is 12.3. The highest BCUT2D eigenvalue weighted by Crippen LogP contribution is 2.30. The summed E-state index contributed by atoms with van der Waals surface area (Å²) in [6, 6.07) is 15.0. The first-order chi connectivity index (χ1) is 16.4. The Morgan fingerprint density at radius 3 is 2.35 bits per heavy atom. The molecule has 0 atom stereocenters. The van der Waals surface area contributed by atoms with Crippen LogP contribution < -0.4 is 9.47 Å². The lowest BCUT2D eigenvalue weighted by Gasteiger charge is -2.11. The van der Waals surface area contributed by atoms with Crippen molar-refractivity contribution in [3.05, 3.63) is 70.1 Å². The summed E-state index contributed by atoms with van der Waals surface area (Å²) in [5, 5.41) is 0. The largest absolute Gasteiger partial charge is 0.496 e. The number of carbonyl (C=O) groups excluding carboxylic acids is 2. The minimum absolute atomic E-state index is 0.109. The molecule has 3 aromatic rings. The van der Waals surface area contributed by atoms with Gasteiger partial charge in [-0.3, -0.25) is 4.79 Å². The lowest BCUT2D eigenvalue weighted by molar-refractivity contribution is -0.136. The number of methoxy groups -OCH3 is 1. The summed E-state index contributed by atoms with van der Waals surface area (Å²) in [4.78, 5) is 25.1. The molecule has 0 radical (unpaired) electrons. The first-order valence-corrected chi connectivity index (χ1v) is 13.3. The first-order valence-electron chi connectivity index (χ1n) is 10.8. The molecule has 178 valence electrons. The topological polar surface area (TPSA) is 61.8 Å². The summed E-state index contributed by atoms with van der Waals surface area (Å²) >= 11 is 5.19. The van der Waals surface area contributed by atoms with E-state index in [1.54, 1.807) is 38.9 Å². The summed E-state index contributed by atoms with van der Waals surface area (Å²) in [6.07, 6.45) is 2.46. The Morgan fingerprint density at radius 1 is 0.971 bits per heavy atom. The molecule has 0 aliphatic heterocycles. The van der Waals surface area contributed by atoms with Crippen molar-refractivity contribution in [3.63, 3.8) is 0 Å². The van der Waals surface area contributed by atoms with Crippen molar-refractivity contribution >= 4 is 50.2 Å². The van der Waals surface area contributed by atoms with E-state index in [1.807, 2.05) is 30.3 Å². The minimum atomic E-state index is -0.483. The van der Waals surface area contributed by atoms with E-state index in [0.29, 0.717) is 30.1 Å². The second-order valence-corrected chi connectivity index (χ2v) is 10.4. The van der Waals surface area contributed by atoms with E-state index in [2.05, 4.69) is 6.58 Å². The predicted molar refractivity (Wildman–Crippen MR) is 141 cm³/mol. The fourth-order valence-electron chi connectivity index (χ4n) is 3.20. The highest BCUT2D eigenvalue weighted by atomic mass is 32.9. The van der Waals surface area contributed by atoms with Gasteiger partial charge in [0.1, 0.15) is 15.3 Å². The SMILES string of the molecule is C=C(C(=O)OCCCCCOc1ccc(-c2cc(=S)ss2)cc1)c1ccc(C(C)=O)c(OC)c1. The van der Waals surface area contributed by atoms with E-state index < -0.39 is 5.97 Å². The lowest BCUT2D eigenvalue weighted by Crippen LogP contribution is -2.08. The number of carbonyl (C=O) groups is 2. The molecule has 1 heterocycles. The Balaban J connectivity index is 1.35. The maximum absolute atomic E-state index is 12.3. The molecule has 0 saturated heterocycles. The van der Waals surface area contributed by atoms with Gasteiger partial charge < -0.3 is 14.2 Å². The van der Waals surface area contributed by atoms with Gasteiger partial charge in [0.2, 0.25) is 0 Å². The monoisotopic (exact) mass is 514 g/mol. The minimum Gasteiger partial charge on any atom is -0.496 e. The van der Waals surface area contributed by atoms with Crippen molar-refractivity contribution in [2.45, 2.75) is 26.2 Å². The number of benzene rings is 2. The van der Waals surface area contributed by atoms with E-state index >= 15 is 0 Å². The van der Waals surface area contributed by atoms with E-state index in [-0.39, 0.29) is 11.4 Å². The number of ketones is 1. The van der Waals surface area contributed by atoms with Gasteiger partial charge in [0.05, 0.1) is 31.5 Å². The molecule has 0 aliphatic rings. The van der Waals surface area contributed by atoms with Gasteiger partial charge in [-0.1, -0.05) is 45.5 Å². The highest BCUT2D eigenvalue weighted by Gasteiger charge is 2.15. The Labute approximate surface area is 212 Å². The van der Waals surface area contributed by atoms with E-state index in [9.17, 15) is 9.59 Å². The summed E-state index contributed by atoms with van der Waals surface area (Å²) < 4.78 is 17.3. The average molecular weight is 515 g/mol. The molecule has 0 saturated carbocycles. The van der Waals surface area contributed by atoms with Gasteiger partial charge in [-0.25, -0.2) is 4.79 Å². The predicted octanol–water partition coefficient (Wildman–Crippen LogP) is 7.22. The summed E-state index contributed by atoms with van der Waals surface area (Å²) in [7, 11) is 4.77. The van der Waals surface area contributed by atoms with Crippen molar-refractivity contribution in [2.75, 3.05) is 20.3 Å². The van der Waals surface area contributed by atoms with Crippen molar-refractivity contribution in [1.82, 2.24) is 0 Å².